The molecule has 0 aliphatic carbocycles. The first-order valence-corrected chi connectivity index (χ1v) is 9.56. The first-order chi connectivity index (χ1) is 12.1. The van der Waals surface area contributed by atoms with Crippen molar-refractivity contribution in [3.8, 4) is 5.75 Å². The first kappa shape index (κ1) is 19.2. The number of rotatable bonds is 8. The zero-order valence-electron chi connectivity index (χ0n) is 15.5. The molecule has 0 saturated carbocycles. The van der Waals surface area contributed by atoms with E-state index in [0.29, 0.717) is 0 Å². The molecule has 136 valence electrons. The van der Waals surface area contributed by atoms with Crippen molar-refractivity contribution in [2.45, 2.75) is 46.3 Å². The molecule has 0 spiro atoms. The molecule has 0 radical (unpaired) electrons. The van der Waals surface area contributed by atoms with Crippen LogP contribution >= 0.6 is 11.3 Å². The third-order valence-corrected chi connectivity index (χ3v) is 4.76. The number of aryl methyl sites for hydroxylation is 1. The van der Waals surface area contributed by atoms with Crippen molar-refractivity contribution in [2.75, 3.05) is 13.6 Å². The van der Waals surface area contributed by atoms with E-state index in [-0.39, 0.29) is 6.10 Å². The Morgan fingerprint density at radius 2 is 2.00 bits per heavy atom. The first-order valence-electron chi connectivity index (χ1n) is 8.74. The zero-order chi connectivity index (χ0) is 18.1. The molecule has 0 fully saturated rings. The van der Waals surface area contributed by atoms with Gasteiger partial charge in [-0.25, -0.2) is 4.98 Å². The van der Waals surface area contributed by atoms with Crippen molar-refractivity contribution in [3.05, 3.63) is 45.9 Å². The minimum atomic E-state index is 0.193. The van der Waals surface area contributed by atoms with Gasteiger partial charge in [0.25, 0.3) is 0 Å². The monoisotopic (exact) mass is 360 g/mol. The Morgan fingerprint density at radius 3 is 2.60 bits per heavy atom. The number of aromatic nitrogens is 1. The van der Waals surface area contributed by atoms with Gasteiger partial charge in [-0.15, -0.1) is 11.3 Å². The molecular formula is C19H28N4OS. The molecule has 0 atom stereocenters. The Morgan fingerprint density at radius 1 is 1.24 bits per heavy atom. The second kappa shape index (κ2) is 10.0. The lowest BCUT2D eigenvalue weighted by atomic mass is 10.2. The Balaban J connectivity index is 1.74. The van der Waals surface area contributed by atoms with Crippen LogP contribution in [0, 0.1) is 0 Å². The van der Waals surface area contributed by atoms with Gasteiger partial charge in [-0.05, 0) is 38.0 Å². The molecule has 1 aromatic carbocycles. The maximum absolute atomic E-state index is 5.66. The summed E-state index contributed by atoms with van der Waals surface area (Å²) < 4.78 is 5.66. The number of nitrogens with one attached hydrogen (secondary N) is 2. The van der Waals surface area contributed by atoms with E-state index in [4.69, 9.17) is 4.74 Å². The fraction of sp³-hybridized carbons (Fsp3) is 0.474. The Hall–Kier alpha value is -2.08. The van der Waals surface area contributed by atoms with Crippen molar-refractivity contribution in [2.24, 2.45) is 4.99 Å². The second-order valence-electron chi connectivity index (χ2n) is 5.99. The summed E-state index contributed by atoms with van der Waals surface area (Å²) in [5, 5.41) is 7.83. The van der Waals surface area contributed by atoms with E-state index in [1.807, 2.05) is 32.2 Å². The van der Waals surface area contributed by atoms with E-state index in [2.05, 4.69) is 39.7 Å². The minimum Gasteiger partial charge on any atom is -0.491 e. The summed E-state index contributed by atoms with van der Waals surface area (Å²) in [7, 11) is 1.79. The van der Waals surface area contributed by atoms with Crippen LogP contribution < -0.4 is 15.4 Å². The molecule has 0 unspecified atom stereocenters. The standard InChI is InChI=1S/C19H28N4OS/c1-5-17-13-22-18(25-17)10-11-21-19(20-4)23-12-15-6-8-16(9-7-15)24-14(2)3/h6-9,13-14H,5,10-12H2,1-4H3,(H2,20,21,23). The van der Waals surface area contributed by atoms with Gasteiger partial charge < -0.3 is 15.4 Å². The van der Waals surface area contributed by atoms with Crippen LogP contribution in [0.1, 0.15) is 36.2 Å². The van der Waals surface area contributed by atoms with E-state index >= 15 is 0 Å². The highest BCUT2D eigenvalue weighted by Crippen LogP contribution is 2.14. The number of guanidine groups is 1. The smallest absolute Gasteiger partial charge is 0.191 e. The summed E-state index contributed by atoms with van der Waals surface area (Å²) in [6.45, 7) is 7.75. The van der Waals surface area contributed by atoms with Gasteiger partial charge >= 0.3 is 0 Å². The molecule has 0 aliphatic rings. The van der Waals surface area contributed by atoms with Crippen LogP contribution in [-0.4, -0.2) is 30.6 Å². The van der Waals surface area contributed by atoms with E-state index < -0.39 is 0 Å². The lowest BCUT2D eigenvalue weighted by Gasteiger charge is -2.13. The molecule has 0 bridgehead atoms. The third kappa shape index (κ3) is 6.74. The van der Waals surface area contributed by atoms with Gasteiger partial charge in [0.1, 0.15) is 5.75 Å². The molecule has 2 N–H and O–H groups in total. The quantitative estimate of drug-likeness (QED) is 0.559. The molecule has 25 heavy (non-hydrogen) atoms. The number of benzene rings is 1. The highest BCUT2D eigenvalue weighted by molar-refractivity contribution is 7.11. The molecule has 0 saturated heterocycles. The molecule has 0 aliphatic heterocycles. The highest BCUT2D eigenvalue weighted by Gasteiger charge is 2.03. The van der Waals surface area contributed by atoms with Gasteiger partial charge in [-0.3, -0.25) is 4.99 Å². The number of ether oxygens (including phenoxy) is 1. The summed E-state index contributed by atoms with van der Waals surface area (Å²) in [4.78, 5) is 10.0. The van der Waals surface area contributed by atoms with Gasteiger partial charge in [0.15, 0.2) is 5.96 Å². The lowest BCUT2D eigenvalue weighted by molar-refractivity contribution is 0.242. The van der Waals surface area contributed by atoms with E-state index in [1.165, 1.54) is 15.4 Å². The summed E-state index contributed by atoms with van der Waals surface area (Å²) in [6.07, 6.45) is 4.13. The molecule has 2 aromatic rings. The molecule has 1 heterocycles. The van der Waals surface area contributed by atoms with Crippen molar-refractivity contribution >= 4 is 17.3 Å². The van der Waals surface area contributed by atoms with Crippen LogP contribution in [0.15, 0.2) is 35.5 Å². The fourth-order valence-corrected chi connectivity index (χ4v) is 3.14. The van der Waals surface area contributed by atoms with E-state index in [1.54, 1.807) is 18.4 Å². The van der Waals surface area contributed by atoms with Crippen molar-refractivity contribution < 1.29 is 4.74 Å². The van der Waals surface area contributed by atoms with Gasteiger partial charge in [-0.1, -0.05) is 19.1 Å². The topological polar surface area (TPSA) is 58.5 Å². The summed E-state index contributed by atoms with van der Waals surface area (Å²) >= 11 is 1.78. The van der Waals surface area contributed by atoms with Crippen LogP contribution in [0.5, 0.6) is 5.75 Å². The number of hydrogen-bond donors (Lipinski definition) is 2. The zero-order valence-corrected chi connectivity index (χ0v) is 16.3. The van der Waals surface area contributed by atoms with Crippen LogP contribution in [-0.2, 0) is 19.4 Å². The second-order valence-corrected chi connectivity index (χ2v) is 7.19. The van der Waals surface area contributed by atoms with E-state index in [9.17, 15) is 0 Å². The number of thiazole rings is 1. The average molecular weight is 361 g/mol. The minimum absolute atomic E-state index is 0.193. The third-order valence-electron chi connectivity index (χ3n) is 3.56. The van der Waals surface area contributed by atoms with Crippen LogP contribution in [0.25, 0.3) is 0 Å². The van der Waals surface area contributed by atoms with Crippen LogP contribution in [0.4, 0.5) is 0 Å². The summed E-state index contributed by atoms with van der Waals surface area (Å²) in [5.41, 5.74) is 1.19. The van der Waals surface area contributed by atoms with Gasteiger partial charge in [0.05, 0.1) is 11.1 Å². The van der Waals surface area contributed by atoms with Crippen LogP contribution in [0.2, 0.25) is 0 Å². The van der Waals surface area contributed by atoms with Crippen LogP contribution in [0.3, 0.4) is 0 Å². The van der Waals surface area contributed by atoms with E-state index in [0.717, 1.165) is 37.6 Å². The lowest BCUT2D eigenvalue weighted by Crippen LogP contribution is -2.37. The van der Waals surface area contributed by atoms with Gasteiger partial charge in [-0.2, -0.15) is 0 Å². The number of hydrogen-bond acceptors (Lipinski definition) is 4. The molecule has 6 heteroatoms. The highest BCUT2D eigenvalue weighted by atomic mass is 32.1. The largest absolute Gasteiger partial charge is 0.491 e. The predicted octanol–water partition coefficient (Wildman–Crippen LogP) is 3.40. The van der Waals surface area contributed by atoms with Gasteiger partial charge in [0, 0.05) is 37.6 Å². The molecule has 5 nitrogen and oxygen atoms in total. The maximum atomic E-state index is 5.66. The normalized spacial score (nSPS) is 11.6. The molecule has 1 aromatic heterocycles. The molecular weight excluding hydrogens is 332 g/mol. The Kier molecular flexibility index (Phi) is 7.73. The van der Waals surface area contributed by atoms with Crippen molar-refractivity contribution in [3.63, 3.8) is 0 Å². The van der Waals surface area contributed by atoms with Gasteiger partial charge in [0.2, 0.25) is 0 Å². The summed E-state index contributed by atoms with van der Waals surface area (Å²) in [6, 6.07) is 8.14. The van der Waals surface area contributed by atoms with Crippen molar-refractivity contribution in [1.82, 2.24) is 15.6 Å². The molecule has 0 amide bonds. The molecule has 2 rings (SSSR count). The number of nitrogens with zero attached hydrogens (tertiary/aromatic N) is 2. The fourth-order valence-electron chi connectivity index (χ4n) is 2.28. The predicted molar refractivity (Wildman–Crippen MR) is 106 cm³/mol. The van der Waals surface area contributed by atoms with Crippen molar-refractivity contribution in [1.29, 1.82) is 0 Å². The number of aliphatic imine (C=N–C) groups is 1. The Bertz CT molecular complexity index is 664. The summed E-state index contributed by atoms with van der Waals surface area (Å²) in [5.74, 6) is 1.70. The Labute approximate surface area is 154 Å². The maximum Gasteiger partial charge on any atom is 0.191 e. The SMILES string of the molecule is CCc1cnc(CCNC(=NC)NCc2ccc(OC(C)C)cc2)s1. The average Bonchev–Trinajstić information content (AvgIpc) is 3.06.